The zero-order chi connectivity index (χ0) is 14.6. The molecule has 0 amide bonds. The van der Waals surface area contributed by atoms with Gasteiger partial charge in [0, 0.05) is 6.54 Å². The molecule has 0 spiro atoms. The number of nitrogens with one attached hydrogen (secondary N) is 1. The summed E-state index contributed by atoms with van der Waals surface area (Å²) in [5.41, 5.74) is 1.16. The number of hydrogen-bond donors (Lipinski definition) is 2. The van der Waals surface area contributed by atoms with Crippen molar-refractivity contribution in [3.8, 4) is 0 Å². The zero-order valence-corrected chi connectivity index (χ0v) is 11.7. The third kappa shape index (κ3) is 1.91. The molecule has 1 heterocycles. The summed E-state index contributed by atoms with van der Waals surface area (Å²) in [6, 6.07) is 5.00. The standard InChI is InChI=1S/C16H18N2O3/c19-15(20)12-2-1-3-13-14(12)18(16(21)17-13)8-11-7-9-4-5-10(11)6-9/h1-3,9-11H,4-8H2,(H,17,21)(H,19,20). The molecule has 1 aromatic heterocycles. The Hall–Kier alpha value is -2.04. The lowest BCUT2D eigenvalue weighted by atomic mass is 9.89. The second-order valence-electron chi connectivity index (χ2n) is 6.48. The van der Waals surface area contributed by atoms with E-state index in [4.69, 9.17) is 0 Å². The molecule has 2 bridgehead atoms. The van der Waals surface area contributed by atoms with Crippen LogP contribution in [0.1, 0.15) is 36.0 Å². The van der Waals surface area contributed by atoms with Crippen molar-refractivity contribution in [3.63, 3.8) is 0 Å². The van der Waals surface area contributed by atoms with E-state index in [9.17, 15) is 14.7 Å². The van der Waals surface area contributed by atoms with Crippen LogP contribution in [0.2, 0.25) is 0 Å². The number of carboxylic acid groups (broad SMARTS) is 1. The van der Waals surface area contributed by atoms with Crippen LogP contribution in [0, 0.1) is 17.8 Å². The Balaban J connectivity index is 1.79. The van der Waals surface area contributed by atoms with Gasteiger partial charge in [0.15, 0.2) is 0 Å². The molecule has 0 saturated heterocycles. The molecule has 2 N–H and O–H groups in total. The van der Waals surface area contributed by atoms with Crippen LogP contribution < -0.4 is 5.69 Å². The monoisotopic (exact) mass is 286 g/mol. The van der Waals surface area contributed by atoms with Crippen molar-refractivity contribution >= 4 is 17.0 Å². The number of aromatic carboxylic acids is 1. The molecule has 2 fully saturated rings. The maximum absolute atomic E-state index is 12.2. The lowest BCUT2D eigenvalue weighted by Gasteiger charge is -2.22. The fraction of sp³-hybridized carbons (Fsp3) is 0.500. The lowest BCUT2D eigenvalue weighted by Crippen LogP contribution is -2.25. The van der Waals surface area contributed by atoms with E-state index in [0.29, 0.717) is 29.4 Å². The number of aromatic amines is 1. The molecule has 110 valence electrons. The second kappa shape index (κ2) is 4.48. The first kappa shape index (κ1) is 12.7. The van der Waals surface area contributed by atoms with Crippen LogP contribution in [0.4, 0.5) is 0 Å². The predicted molar refractivity (Wildman–Crippen MR) is 78.5 cm³/mol. The summed E-state index contributed by atoms with van der Waals surface area (Å²) in [6.45, 7) is 0.643. The first-order chi connectivity index (χ1) is 10.1. The van der Waals surface area contributed by atoms with Crippen LogP contribution in [0.3, 0.4) is 0 Å². The van der Waals surface area contributed by atoms with Gasteiger partial charge in [-0.2, -0.15) is 0 Å². The Morgan fingerprint density at radius 1 is 1.33 bits per heavy atom. The van der Waals surface area contributed by atoms with Gasteiger partial charge in [-0.15, -0.1) is 0 Å². The molecule has 5 heteroatoms. The number of rotatable bonds is 3. The molecule has 21 heavy (non-hydrogen) atoms. The van der Waals surface area contributed by atoms with Crippen molar-refractivity contribution in [2.24, 2.45) is 17.8 Å². The van der Waals surface area contributed by atoms with E-state index in [1.807, 2.05) is 0 Å². The van der Waals surface area contributed by atoms with Crippen LogP contribution in [0.15, 0.2) is 23.0 Å². The van der Waals surface area contributed by atoms with Gasteiger partial charge in [0.2, 0.25) is 0 Å². The second-order valence-corrected chi connectivity index (χ2v) is 6.48. The number of imidazole rings is 1. The number of carbonyl (C=O) groups is 1. The fourth-order valence-electron chi connectivity index (χ4n) is 4.40. The maximum Gasteiger partial charge on any atom is 0.337 e. The molecule has 2 aliphatic carbocycles. The molecular weight excluding hydrogens is 268 g/mol. The Kier molecular flexibility index (Phi) is 2.71. The molecule has 2 aliphatic rings. The van der Waals surface area contributed by atoms with Crippen molar-refractivity contribution in [2.45, 2.75) is 32.2 Å². The van der Waals surface area contributed by atoms with Crippen molar-refractivity contribution in [1.29, 1.82) is 0 Å². The van der Waals surface area contributed by atoms with Crippen molar-refractivity contribution in [3.05, 3.63) is 34.2 Å². The van der Waals surface area contributed by atoms with Gasteiger partial charge in [0.1, 0.15) is 0 Å². The van der Waals surface area contributed by atoms with Gasteiger partial charge < -0.3 is 10.1 Å². The summed E-state index contributed by atoms with van der Waals surface area (Å²) in [6.07, 6.45) is 5.05. The molecule has 1 aromatic carbocycles. The summed E-state index contributed by atoms with van der Waals surface area (Å²) in [4.78, 5) is 26.4. The highest BCUT2D eigenvalue weighted by atomic mass is 16.4. The minimum Gasteiger partial charge on any atom is -0.478 e. The third-order valence-corrected chi connectivity index (χ3v) is 5.32. The molecular formula is C16H18N2O3. The van der Waals surface area contributed by atoms with Crippen LogP contribution in [0.25, 0.3) is 11.0 Å². The number of benzene rings is 1. The average molecular weight is 286 g/mol. The molecule has 2 saturated carbocycles. The third-order valence-electron chi connectivity index (χ3n) is 5.32. The SMILES string of the molecule is O=C(O)c1cccc2[nH]c(=O)n(CC3CC4CCC3C4)c12. The van der Waals surface area contributed by atoms with E-state index in [1.165, 1.54) is 25.7 Å². The van der Waals surface area contributed by atoms with Gasteiger partial charge in [-0.05, 0) is 49.1 Å². The Labute approximate surface area is 121 Å². The van der Waals surface area contributed by atoms with Crippen LogP contribution in [-0.4, -0.2) is 20.6 Å². The van der Waals surface area contributed by atoms with Gasteiger partial charge in [0.05, 0.1) is 16.6 Å². The maximum atomic E-state index is 12.2. The van der Waals surface area contributed by atoms with E-state index >= 15 is 0 Å². The summed E-state index contributed by atoms with van der Waals surface area (Å²) in [5.74, 6) is 1.06. The minimum absolute atomic E-state index is 0.193. The van der Waals surface area contributed by atoms with Gasteiger partial charge >= 0.3 is 11.7 Å². The number of hydrogen-bond acceptors (Lipinski definition) is 2. The summed E-state index contributed by atoms with van der Waals surface area (Å²) in [5, 5.41) is 9.35. The molecule has 3 unspecified atom stereocenters. The lowest BCUT2D eigenvalue weighted by molar-refractivity contribution is 0.0698. The van der Waals surface area contributed by atoms with Gasteiger partial charge in [-0.3, -0.25) is 4.57 Å². The molecule has 0 radical (unpaired) electrons. The predicted octanol–water partition coefficient (Wildman–Crippen LogP) is 2.46. The van der Waals surface area contributed by atoms with Gasteiger partial charge in [0.25, 0.3) is 0 Å². The van der Waals surface area contributed by atoms with Crippen LogP contribution in [-0.2, 0) is 6.54 Å². The van der Waals surface area contributed by atoms with E-state index in [0.717, 1.165) is 5.92 Å². The average Bonchev–Trinajstić information content (AvgIpc) is 3.13. The van der Waals surface area contributed by atoms with Crippen LogP contribution >= 0.6 is 0 Å². The normalized spacial score (nSPS) is 27.5. The molecule has 2 aromatic rings. The number of fused-ring (bicyclic) bond motifs is 3. The van der Waals surface area contributed by atoms with E-state index in [1.54, 1.807) is 22.8 Å². The number of aromatic nitrogens is 2. The molecule has 0 aliphatic heterocycles. The smallest absolute Gasteiger partial charge is 0.337 e. The van der Waals surface area contributed by atoms with E-state index in [2.05, 4.69) is 4.98 Å². The van der Waals surface area contributed by atoms with Gasteiger partial charge in [-0.25, -0.2) is 9.59 Å². The highest BCUT2D eigenvalue weighted by molar-refractivity contribution is 6.01. The number of nitrogens with zero attached hydrogens (tertiary/aromatic N) is 1. The van der Waals surface area contributed by atoms with Gasteiger partial charge in [-0.1, -0.05) is 12.5 Å². The Morgan fingerprint density at radius 2 is 2.19 bits per heavy atom. The zero-order valence-electron chi connectivity index (χ0n) is 11.7. The molecule has 3 atom stereocenters. The Morgan fingerprint density at radius 3 is 2.86 bits per heavy atom. The summed E-state index contributed by atoms with van der Waals surface area (Å²) in [7, 11) is 0. The minimum atomic E-state index is -0.985. The summed E-state index contributed by atoms with van der Waals surface area (Å²) >= 11 is 0. The summed E-state index contributed by atoms with van der Waals surface area (Å²) < 4.78 is 1.64. The Bertz CT molecular complexity index is 773. The number of para-hydroxylation sites is 1. The fourth-order valence-corrected chi connectivity index (χ4v) is 4.40. The number of carboxylic acids is 1. The first-order valence-corrected chi connectivity index (χ1v) is 7.58. The molecule has 4 rings (SSSR count). The number of H-pyrrole nitrogens is 1. The van der Waals surface area contributed by atoms with Crippen molar-refractivity contribution in [2.75, 3.05) is 0 Å². The van der Waals surface area contributed by atoms with Crippen molar-refractivity contribution < 1.29 is 9.90 Å². The largest absolute Gasteiger partial charge is 0.478 e. The quantitative estimate of drug-likeness (QED) is 0.910. The van der Waals surface area contributed by atoms with Crippen molar-refractivity contribution in [1.82, 2.24) is 9.55 Å². The molecule has 5 nitrogen and oxygen atoms in total. The topological polar surface area (TPSA) is 75.1 Å². The van der Waals surface area contributed by atoms with Crippen LogP contribution in [0.5, 0.6) is 0 Å². The highest BCUT2D eigenvalue weighted by Crippen LogP contribution is 2.48. The van der Waals surface area contributed by atoms with E-state index < -0.39 is 5.97 Å². The highest BCUT2D eigenvalue weighted by Gasteiger charge is 2.39. The van der Waals surface area contributed by atoms with E-state index in [-0.39, 0.29) is 11.3 Å². The first-order valence-electron chi connectivity index (χ1n) is 7.58.